The molecule has 0 N–H and O–H groups in total. The van der Waals surface area contributed by atoms with Crippen LogP contribution in [-0.4, -0.2) is 25.0 Å². The van der Waals surface area contributed by atoms with Crippen LogP contribution in [0.3, 0.4) is 0 Å². The zero-order chi connectivity index (χ0) is 27.7. The van der Waals surface area contributed by atoms with Crippen molar-refractivity contribution in [2.75, 3.05) is 13.2 Å². The van der Waals surface area contributed by atoms with Crippen molar-refractivity contribution in [1.29, 1.82) is 0 Å². The SMILES string of the molecule is CCCCCCCCCOc1ccc(C(=O)COC(=O)c2ccc(C3CCC(CCCCC)CC3)cc2)cc1. The molecule has 0 aromatic heterocycles. The summed E-state index contributed by atoms with van der Waals surface area (Å²) in [6, 6.07) is 14.9. The zero-order valence-corrected chi connectivity index (χ0v) is 24.4. The van der Waals surface area contributed by atoms with Crippen molar-refractivity contribution >= 4 is 11.8 Å². The molecule has 0 saturated heterocycles. The smallest absolute Gasteiger partial charge is 0.338 e. The van der Waals surface area contributed by atoms with Crippen LogP contribution in [-0.2, 0) is 4.74 Å². The highest BCUT2D eigenvalue weighted by Crippen LogP contribution is 2.37. The number of hydrogen-bond acceptors (Lipinski definition) is 4. The van der Waals surface area contributed by atoms with Crippen LogP contribution in [0.15, 0.2) is 48.5 Å². The predicted molar refractivity (Wildman–Crippen MR) is 160 cm³/mol. The van der Waals surface area contributed by atoms with Gasteiger partial charge >= 0.3 is 5.97 Å². The Bertz CT molecular complexity index is 955. The van der Waals surface area contributed by atoms with E-state index in [9.17, 15) is 9.59 Å². The fourth-order valence-electron chi connectivity index (χ4n) is 5.64. The van der Waals surface area contributed by atoms with Crippen molar-refractivity contribution in [2.24, 2.45) is 5.92 Å². The summed E-state index contributed by atoms with van der Waals surface area (Å²) in [6.45, 7) is 4.93. The van der Waals surface area contributed by atoms with Gasteiger partial charge in [-0.3, -0.25) is 4.79 Å². The van der Waals surface area contributed by atoms with E-state index in [1.54, 1.807) is 12.1 Å². The summed E-state index contributed by atoms with van der Waals surface area (Å²) in [5.74, 6) is 1.57. The number of esters is 1. The van der Waals surface area contributed by atoms with E-state index >= 15 is 0 Å². The van der Waals surface area contributed by atoms with Gasteiger partial charge in [0, 0.05) is 5.56 Å². The summed E-state index contributed by atoms with van der Waals surface area (Å²) in [7, 11) is 0. The lowest BCUT2D eigenvalue weighted by molar-refractivity contribution is 0.0474. The fourth-order valence-corrected chi connectivity index (χ4v) is 5.64. The molecule has 0 heterocycles. The first-order chi connectivity index (χ1) is 19.1. The molecular weight excluding hydrogens is 484 g/mol. The van der Waals surface area contributed by atoms with Gasteiger partial charge in [0.05, 0.1) is 12.2 Å². The molecule has 0 atom stereocenters. The molecule has 2 aromatic carbocycles. The van der Waals surface area contributed by atoms with Crippen molar-refractivity contribution in [2.45, 2.75) is 116 Å². The Kier molecular flexibility index (Phi) is 14.2. The third-order valence-corrected chi connectivity index (χ3v) is 8.21. The number of benzene rings is 2. The van der Waals surface area contributed by atoms with E-state index in [0.29, 0.717) is 23.7 Å². The minimum atomic E-state index is -0.454. The predicted octanol–water partition coefficient (Wildman–Crippen LogP) is 9.71. The Morgan fingerprint density at radius 1 is 0.692 bits per heavy atom. The Morgan fingerprint density at radius 3 is 1.95 bits per heavy atom. The van der Waals surface area contributed by atoms with Crippen molar-refractivity contribution in [3.63, 3.8) is 0 Å². The molecule has 39 heavy (non-hydrogen) atoms. The molecule has 0 amide bonds. The molecule has 1 saturated carbocycles. The van der Waals surface area contributed by atoms with E-state index in [1.165, 1.54) is 95.5 Å². The van der Waals surface area contributed by atoms with Crippen molar-refractivity contribution in [3.8, 4) is 5.75 Å². The van der Waals surface area contributed by atoms with Gasteiger partial charge in [-0.2, -0.15) is 0 Å². The number of Topliss-reactive ketones (excluding diaryl/α,β-unsaturated/α-hetero) is 1. The largest absolute Gasteiger partial charge is 0.494 e. The molecule has 0 unspecified atom stereocenters. The van der Waals surface area contributed by atoms with Gasteiger partial charge in [0.15, 0.2) is 12.4 Å². The summed E-state index contributed by atoms with van der Waals surface area (Å²) in [4.78, 5) is 25.1. The highest BCUT2D eigenvalue weighted by atomic mass is 16.5. The second-order valence-electron chi connectivity index (χ2n) is 11.3. The molecule has 3 rings (SSSR count). The van der Waals surface area contributed by atoms with E-state index in [2.05, 4.69) is 26.0 Å². The highest BCUT2D eigenvalue weighted by molar-refractivity contribution is 5.99. The molecule has 1 aliphatic carbocycles. The number of unbranched alkanes of at least 4 members (excludes halogenated alkanes) is 8. The van der Waals surface area contributed by atoms with E-state index in [0.717, 1.165) is 18.1 Å². The Balaban J connectivity index is 1.34. The first-order valence-electron chi connectivity index (χ1n) is 15.6. The molecule has 0 radical (unpaired) electrons. The molecule has 0 spiro atoms. The maximum atomic E-state index is 12.6. The molecule has 4 nitrogen and oxygen atoms in total. The van der Waals surface area contributed by atoms with E-state index in [1.807, 2.05) is 24.3 Å². The summed E-state index contributed by atoms with van der Waals surface area (Å²) in [5, 5.41) is 0. The third-order valence-electron chi connectivity index (χ3n) is 8.21. The van der Waals surface area contributed by atoms with Gasteiger partial charge in [0.2, 0.25) is 0 Å². The Labute approximate surface area is 236 Å². The van der Waals surface area contributed by atoms with E-state index in [-0.39, 0.29) is 12.4 Å². The van der Waals surface area contributed by atoms with Crippen molar-refractivity contribution in [3.05, 3.63) is 65.2 Å². The maximum Gasteiger partial charge on any atom is 0.338 e. The van der Waals surface area contributed by atoms with Crippen LogP contribution in [0.4, 0.5) is 0 Å². The van der Waals surface area contributed by atoms with E-state index in [4.69, 9.17) is 9.47 Å². The van der Waals surface area contributed by atoms with Crippen LogP contribution >= 0.6 is 0 Å². The van der Waals surface area contributed by atoms with Gasteiger partial charge in [-0.25, -0.2) is 4.79 Å². The van der Waals surface area contributed by atoms with E-state index < -0.39 is 5.97 Å². The summed E-state index contributed by atoms with van der Waals surface area (Å²) >= 11 is 0. The average Bonchev–Trinajstić information content (AvgIpc) is 2.98. The lowest BCUT2D eigenvalue weighted by atomic mass is 9.77. The Hall–Kier alpha value is -2.62. The number of rotatable bonds is 18. The second-order valence-corrected chi connectivity index (χ2v) is 11.3. The first kappa shape index (κ1) is 30.9. The minimum absolute atomic E-state index is 0.214. The zero-order valence-electron chi connectivity index (χ0n) is 24.4. The molecule has 0 aliphatic heterocycles. The molecule has 0 bridgehead atoms. The summed E-state index contributed by atoms with van der Waals surface area (Å²) < 4.78 is 11.1. The molecular formula is C35H50O4. The highest BCUT2D eigenvalue weighted by Gasteiger charge is 2.22. The number of hydrogen-bond donors (Lipinski definition) is 0. The summed E-state index contributed by atoms with van der Waals surface area (Å²) in [5.41, 5.74) is 2.32. The summed E-state index contributed by atoms with van der Waals surface area (Å²) in [6.07, 6.45) is 19.2. The van der Waals surface area contributed by atoms with Crippen LogP contribution in [0.2, 0.25) is 0 Å². The topological polar surface area (TPSA) is 52.6 Å². The van der Waals surface area contributed by atoms with Crippen LogP contribution < -0.4 is 4.74 Å². The van der Waals surface area contributed by atoms with Gasteiger partial charge in [-0.15, -0.1) is 0 Å². The average molecular weight is 535 g/mol. The molecule has 214 valence electrons. The van der Waals surface area contributed by atoms with Gasteiger partial charge in [-0.05, 0) is 85.9 Å². The van der Waals surface area contributed by atoms with Crippen molar-refractivity contribution < 1.29 is 19.1 Å². The van der Waals surface area contributed by atoms with Crippen LogP contribution in [0.1, 0.15) is 142 Å². The standard InChI is InChI=1S/C35H50O4/c1-3-5-7-8-9-10-12-26-38-33-24-22-31(23-25-33)34(36)27-39-35(37)32-20-18-30(19-21-32)29-16-14-28(15-17-29)13-11-6-4-2/h18-25,28-29H,3-17,26-27H2,1-2H3. The molecule has 4 heteroatoms. The van der Waals surface area contributed by atoms with Crippen LogP contribution in [0.25, 0.3) is 0 Å². The lowest BCUT2D eigenvalue weighted by Crippen LogP contribution is -2.15. The van der Waals surface area contributed by atoms with Gasteiger partial charge in [0.1, 0.15) is 5.75 Å². The maximum absolute atomic E-state index is 12.6. The minimum Gasteiger partial charge on any atom is -0.494 e. The Morgan fingerprint density at radius 2 is 1.28 bits per heavy atom. The molecule has 1 fully saturated rings. The van der Waals surface area contributed by atoms with Crippen LogP contribution in [0, 0.1) is 5.92 Å². The number of ether oxygens (including phenoxy) is 2. The molecule has 2 aromatic rings. The number of carbonyl (C=O) groups excluding carboxylic acids is 2. The quantitative estimate of drug-likeness (QED) is 0.108. The van der Waals surface area contributed by atoms with Gasteiger partial charge < -0.3 is 9.47 Å². The third kappa shape index (κ3) is 11.2. The normalized spacial score (nSPS) is 17.1. The van der Waals surface area contributed by atoms with Gasteiger partial charge in [-0.1, -0.05) is 90.2 Å². The molecule has 1 aliphatic rings. The lowest BCUT2D eigenvalue weighted by Gasteiger charge is -2.29. The van der Waals surface area contributed by atoms with Crippen molar-refractivity contribution in [1.82, 2.24) is 0 Å². The number of carbonyl (C=O) groups is 2. The fraction of sp³-hybridized carbons (Fsp3) is 0.600. The number of ketones is 1. The second kappa shape index (κ2) is 17.9. The van der Waals surface area contributed by atoms with Gasteiger partial charge in [0.25, 0.3) is 0 Å². The first-order valence-corrected chi connectivity index (χ1v) is 15.6. The monoisotopic (exact) mass is 534 g/mol. The van der Waals surface area contributed by atoms with Crippen LogP contribution in [0.5, 0.6) is 5.75 Å².